The molecule has 0 spiro atoms. The van der Waals surface area contributed by atoms with E-state index in [0.29, 0.717) is 5.92 Å². The Morgan fingerprint density at radius 1 is 1.30 bits per heavy atom. The van der Waals surface area contributed by atoms with Crippen LogP contribution in [0.2, 0.25) is 0 Å². The van der Waals surface area contributed by atoms with E-state index in [1.807, 2.05) is 0 Å². The predicted molar refractivity (Wildman–Crippen MR) is 81.5 cm³/mol. The lowest BCUT2D eigenvalue weighted by atomic mass is 9.91. The van der Waals surface area contributed by atoms with Gasteiger partial charge < -0.3 is 16.0 Å². The summed E-state index contributed by atoms with van der Waals surface area (Å²) >= 11 is 0. The number of likely N-dealkylation sites (N-methyl/N-ethyl adjacent to an activating group) is 1. The molecule has 1 amide bonds. The molecule has 116 valence electrons. The number of carbonyl (C=O) groups excluding carboxylic acids is 1. The van der Waals surface area contributed by atoms with Crippen molar-refractivity contribution in [1.82, 2.24) is 15.1 Å². The zero-order valence-electron chi connectivity index (χ0n) is 13.0. The SMILES string of the molecule is CCCNC(CN1CCCN(C)CC1)(C(N)=O)C1CC1. The first-order valence-electron chi connectivity index (χ1n) is 8.04. The molecular formula is C15H30N4O. The fraction of sp³-hybridized carbons (Fsp3) is 0.933. The molecule has 1 saturated carbocycles. The first kappa shape index (κ1) is 15.7. The molecule has 1 saturated heterocycles. The molecule has 2 fully saturated rings. The molecule has 1 aliphatic heterocycles. The van der Waals surface area contributed by atoms with Crippen LogP contribution in [0.1, 0.15) is 32.6 Å². The highest BCUT2D eigenvalue weighted by atomic mass is 16.1. The Labute approximate surface area is 122 Å². The van der Waals surface area contributed by atoms with Gasteiger partial charge in [0.1, 0.15) is 5.54 Å². The highest BCUT2D eigenvalue weighted by Crippen LogP contribution is 2.40. The number of nitrogens with zero attached hydrogens (tertiary/aromatic N) is 2. The van der Waals surface area contributed by atoms with Gasteiger partial charge in [-0.25, -0.2) is 0 Å². The maximum absolute atomic E-state index is 12.2. The van der Waals surface area contributed by atoms with Crippen LogP contribution in [0, 0.1) is 5.92 Å². The summed E-state index contributed by atoms with van der Waals surface area (Å²) in [5, 5.41) is 3.49. The average Bonchev–Trinajstić information content (AvgIpc) is 3.23. The van der Waals surface area contributed by atoms with E-state index in [2.05, 4.69) is 29.1 Å². The lowest BCUT2D eigenvalue weighted by Gasteiger charge is -2.37. The number of rotatable bonds is 7. The molecule has 2 rings (SSSR count). The van der Waals surface area contributed by atoms with Crippen LogP contribution in [0.4, 0.5) is 0 Å². The number of hydrogen-bond acceptors (Lipinski definition) is 4. The molecular weight excluding hydrogens is 252 g/mol. The number of amides is 1. The van der Waals surface area contributed by atoms with Gasteiger partial charge in [-0.15, -0.1) is 0 Å². The summed E-state index contributed by atoms with van der Waals surface area (Å²) in [6, 6.07) is 0. The standard InChI is InChI=1S/C15H30N4O/c1-3-7-17-15(14(16)20,13-5-6-13)12-19-9-4-8-18(2)10-11-19/h13,17H,3-12H2,1-2H3,(H2,16,20). The van der Waals surface area contributed by atoms with Gasteiger partial charge in [0.2, 0.25) is 5.91 Å². The van der Waals surface area contributed by atoms with Gasteiger partial charge in [0.15, 0.2) is 0 Å². The number of nitrogens with two attached hydrogens (primary N) is 1. The number of carbonyl (C=O) groups is 1. The third kappa shape index (κ3) is 3.71. The van der Waals surface area contributed by atoms with Crippen molar-refractivity contribution in [2.45, 2.75) is 38.1 Å². The van der Waals surface area contributed by atoms with Crippen molar-refractivity contribution in [2.75, 3.05) is 46.3 Å². The van der Waals surface area contributed by atoms with Gasteiger partial charge in [-0.05, 0) is 58.3 Å². The summed E-state index contributed by atoms with van der Waals surface area (Å²) in [6.45, 7) is 8.10. The summed E-state index contributed by atoms with van der Waals surface area (Å²) in [4.78, 5) is 16.9. The van der Waals surface area contributed by atoms with Crippen LogP contribution in [0.5, 0.6) is 0 Å². The van der Waals surface area contributed by atoms with Gasteiger partial charge in [0.25, 0.3) is 0 Å². The maximum atomic E-state index is 12.2. The third-order valence-corrected chi connectivity index (χ3v) is 4.69. The lowest BCUT2D eigenvalue weighted by Crippen LogP contribution is -2.63. The Morgan fingerprint density at radius 2 is 2.05 bits per heavy atom. The van der Waals surface area contributed by atoms with Gasteiger partial charge in [0.05, 0.1) is 0 Å². The lowest BCUT2D eigenvalue weighted by molar-refractivity contribution is -0.126. The van der Waals surface area contributed by atoms with Crippen LogP contribution in [0.15, 0.2) is 0 Å². The molecule has 2 aliphatic rings. The summed E-state index contributed by atoms with van der Waals surface area (Å²) in [5.41, 5.74) is 5.30. The van der Waals surface area contributed by atoms with E-state index in [4.69, 9.17) is 5.73 Å². The average molecular weight is 282 g/mol. The molecule has 5 nitrogen and oxygen atoms in total. The van der Waals surface area contributed by atoms with E-state index in [0.717, 1.165) is 58.5 Å². The largest absolute Gasteiger partial charge is 0.368 e. The quantitative estimate of drug-likeness (QED) is 0.703. The minimum atomic E-state index is -0.501. The second-order valence-electron chi connectivity index (χ2n) is 6.47. The molecule has 3 N–H and O–H groups in total. The zero-order chi connectivity index (χ0) is 14.6. The van der Waals surface area contributed by atoms with Crippen LogP contribution in [-0.2, 0) is 4.79 Å². The van der Waals surface area contributed by atoms with Crippen LogP contribution in [-0.4, -0.2) is 67.6 Å². The summed E-state index contributed by atoms with van der Waals surface area (Å²) in [7, 11) is 2.17. The summed E-state index contributed by atoms with van der Waals surface area (Å²) in [5.74, 6) is 0.276. The third-order valence-electron chi connectivity index (χ3n) is 4.69. The molecule has 5 heteroatoms. The highest BCUT2D eigenvalue weighted by molar-refractivity contribution is 5.86. The monoisotopic (exact) mass is 282 g/mol. The molecule has 0 radical (unpaired) electrons. The van der Waals surface area contributed by atoms with E-state index in [-0.39, 0.29) is 5.91 Å². The number of nitrogens with one attached hydrogen (secondary N) is 1. The van der Waals surface area contributed by atoms with Crippen molar-refractivity contribution in [3.63, 3.8) is 0 Å². The maximum Gasteiger partial charge on any atom is 0.239 e. The Bertz CT molecular complexity index is 332. The smallest absolute Gasteiger partial charge is 0.239 e. The van der Waals surface area contributed by atoms with Gasteiger partial charge in [-0.1, -0.05) is 6.92 Å². The van der Waals surface area contributed by atoms with E-state index < -0.39 is 5.54 Å². The first-order chi connectivity index (χ1) is 9.58. The fourth-order valence-electron chi connectivity index (χ4n) is 3.23. The van der Waals surface area contributed by atoms with E-state index in [1.165, 1.54) is 6.42 Å². The highest BCUT2D eigenvalue weighted by Gasteiger charge is 2.50. The second-order valence-corrected chi connectivity index (χ2v) is 6.47. The molecule has 0 aromatic heterocycles. The van der Waals surface area contributed by atoms with Gasteiger partial charge in [-0.2, -0.15) is 0 Å². The number of primary amides is 1. The molecule has 20 heavy (non-hydrogen) atoms. The van der Waals surface area contributed by atoms with Gasteiger partial charge in [0, 0.05) is 19.6 Å². The topological polar surface area (TPSA) is 61.6 Å². The molecule has 1 aliphatic carbocycles. The van der Waals surface area contributed by atoms with Gasteiger partial charge in [-0.3, -0.25) is 9.69 Å². The van der Waals surface area contributed by atoms with Crippen LogP contribution in [0.25, 0.3) is 0 Å². The summed E-state index contributed by atoms with van der Waals surface area (Å²) in [6.07, 6.45) is 4.47. The molecule has 0 aromatic rings. The fourth-order valence-corrected chi connectivity index (χ4v) is 3.23. The van der Waals surface area contributed by atoms with Gasteiger partial charge >= 0.3 is 0 Å². The normalized spacial score (nSPS) is 25.1. The van der Waals surface area contributed by atoms with Crippen molar-refractivity contribution in [1.29, 1.82) is 0 Å². The van der Waals surface area contributed by atoms with Crippen LogP contribution >= 0.6 is 0 Å². The molecule has 1 atom stereocenters. The van der Waals surface area contributed by atoms with Crippen molar-refractivity contribution in [3.05, 3.63) is 0 Å². The number of hydrogen-bond donors (Lipinski definition) is 2. The Balaban J connectivity index is 2.04. The van der Waals surface area contributed by atoms with E-state index >= 15 is 0 Å². The van der Waals surface area contributed by atoms with E-state index in [9.17, 15) is 4.79 Å². The van der Waals surface area contributed by atoms with Crippen LogP contribution in [0.3, 0.4) is 0 Å². The Hall–Kier alpha value is -0.650. The minimum absolute atomic E-state index is 0.161. The second kappa shape index (κ2) is 6.87. The van der Waals surface area contributed by atoms with Crippen molar-refractivity contribution >= 4 is 5.91 Å². The molecule has 0 aromatic carbocycles. The first-order valence-corrected chi connectivity index (χ1v) is 8.04. The minimum Gasteiger partial charge on any atom is -0.368 e. The summed E-state index contributed by atoms with van der Waals surface area (Å²) < 4.78 is 0. The van der Waals surface area contributed by atoms with Crippen molar-refractivity contribution in [2.24, 2.45) is 11.7 Å². The Morgan fingerprint density at radius 3 is 2.65 bits per heavy atom. The predicted octanol–water partition coefficient (Wildman–Crippen LogP) is 0.258. The van der Waals surface area contributed by atoms with E-state index in [1.54, 1.807) is 0 Å². The zero-order valence-corrected chi connectivity index (χ0v) is 13.0. The van der Waals surface area contributed by atoms with Crippen molar-refractivity contribution < 1.29 is 4.79 Å². The molecule has 0 bridgehead atoms. The molecule has 1 heterocycles. The van der Waals surface area contributed by atoms with Crippen LogP contribution < -0.4 is 11.1 Å². The van der Waals surface area contributed by atoms with Crippen molar-refractivity contribution in [3.8, 4) is 0 Å². The molecule has 1 unspecified atom stereocenters. The Kier molecular flexibility index (Phi) is 5.41.